The number of carbonyl (C=O) groups is 1. The zero-order valence-electron chi connectivity index (χ0n) is 5.66. The number of rotatable bonds is 1. The van der Waals surface area contributed by atoms with E-state index in [0.717, 1.165) is 19.1 Å². The van der Waals surface area contributed by atoms with Crippen LogP contribution >= 0.6 is 11.6 Å². The van der Waals surface area contributed by atoms with Crippen LogP contribution in [0.3, 0.4) is 0 Å². The van der Waals surface area contributed by atoms with Gasteiger partial charge in [-0.1, -0.05) is 0 Å². The monoisotopic (exact) mass is 162 g/mol. The van der Waals surface area contributed by atoms with E-state index >= 15 is 0 Å². The molecule has 0 aromatic heterocycles. The molecule has 1 N–H and O–H groups in total. The summed E-state index contributed by atoms with van der Waals surface area (Å²) in [4.78, 5) is 10.3. The molecule has 58 valence electrons. The van der Waals surface area contributed by atoms with Crippen LogP contribution in [0.5, 0.6) is 0 Å². The average Bonchev–Trinajstić information content (AvgIpc) is 1.95. The third-order valence-corrected chi connectivity index (χ3v) is 2.48. The Hall–Kier alpha value is -0.0800. The molecule has 0 aliphatic heterocycles. The topological polar surface area (TPSA) is 37.3 Å². The van der Waals surface area contributed by atoms with E-state index in [1.54, 1.807) is 0 Å². The SMILES string of the molecule is O=CC1CCC(Cl)C(O)C1. The lowest BCUT2D eigenvalue weighted by Crippen LogP contribution is -2.30. The number of aldehydes is 1. The predicted octanol–water partition coefficient (Wildman–Crippen LogP) is 0.954. The molecule has 0 radical (unpaired) electrons. The number of hydrogen-bond donors (Lipinski definition) is 1. The summed E-state index contributed by atoms with van der Waals surface area (Å²) in [5, 5.41) is 9.05. The molecule has 1 aliphatic carbocycles. The van der Waals surface area contributed by atoms with Gasteiger partial charge >= 0.3 is 0 Å². The Kier molecular flexibility index (Phi) is 2.69. The number of aliphatic hydroxyl groups excluding tert-OH is 1. The fourth-order valence-corrected chi connectivity index (χ4v) is 1.49. The fraction of sp³-hybridized carbons (Fsp3) is 0.857. The van der Waals surface area contributed by atoms with Crippen LogP contribution in [0.1, 0.15) is 19.3 Å². The molecule has 1 saturated carbocycles. The minimum atomic E-state index is -0.481. The van der Waals surface area contributed by atoms with Gasteiger partial charge in [-0.05, 0) is 19.3 Å². The third kappa shape index (κ3) is 1.70. The zero-order valence-corrected chi connectivity index (χ0v) is 6.42. The number of aliphatic hydroxyl groups is 1. The van der Waals surface area contributed by atoms with E-state index in [0.29, 0.717) is 6.42 Å². The van der Waals surface area contributed by atoms with Crippen LogP contribution in [0.25, 0.3) is 0 Å². The maximum absolute atomic E-state index is 10.3. The van der Waals surface area contributed by atoms with E-state index in [2.05, 4.69) is 0 Å². The standard InChI is InChI=1S/C7H11ClO2/c8-6-2-1-5(4-9)3-7(6)10/h4-7,10H,1-3H2. The average molecular weight is 163 g/mol. The van der Waals surface area contributed by atoms with E-state index in [9.17, 15) is 9.90 Å². The van der Waals surface area contributed by atoms with Crippen molar-refractivity contribution in [2.45, 2.75) is 30.7 Å². The van der Waals surface area contributed by atoms with E-state index in [1.807, 2.05) is 0 Å². The maximum atomic E-state index is 10.3. The first-order chi connectivity index (χ1) is 4.74. The summed E-state index contributed by atoms with van der Waals surface area (Å²) in [6.07, 6.45) is 2.55. The van der Waals surface area contributed by atoms with Crippen molar-refractivity contribution in [2.75, 3.05) is 0 Å². The summed E-state index contributed by atoms with van der Waals surface area (Å²) in [5.41, 5.74) is 0. The second kappa shape index (κ2) is 3.35. The van der Waals surface area contributed by atoms with Crippen LogP contribution in [0, 0.1) is 5.92 Å². The molecule has 3 heteroatoms. The van der Waals surface area contributed by atoms with Gasteiger partial charge in [-0.3, -0.25) is 0 Å². The fourth-order valence-electron chi connectivity index (χ4n) is 1.26. The quantitative estimate of drug-likeness (QED) is 0.461. The zero-order chi connectivity index (χ0) is 7.56. The van der Waals surface area contributed by atoms with Crippen LogP contribution in [-0.4, -0.2) is 22.9 Å². The van der Waals surface area contributed by atoms with E-state index < -0.39 is 6.10 Å². The molecule has 0 aromatic rings. The summed E-state index contributed by atoms with van der Waals surface area (Å²) >= 11 is 5.72. The van der Waals surface area contributed by atoms with Gasteiger partial charge in [0.1, 0.15) is 6.29 Å². The second-order valence-corrected chi connectivity index (χ2v) is 3.35. The highest BCUT2D eigenvalue weighted by Crippen LogP contribution is 2.26. The van der Waals surface area contributed by atoms with Gasteiger partial charge in [-0.2, -0.15) is 0 Å². The molecule has 0 amide bonds. The predicted molar refractivity (Wildman–Crippen MR) is 39.1 cm³/mol. The van der Waals surface area contributed by atoms with Crippen molar-refractivity contribution in [2.24, 2.45) is 5.92 Å². The normalized spacial score (nSPS) is 41.2. The molecular formula is C7H11ClO2. The number of halogens is 1. The number of hydrogen-bond acceptors (Lipinski definition) is 2. The van der Waals surface area contributed by atoms with Crippen molar-refractivity contribution in [3.63, 3.8) is 0 Å². The van der Waals surface area contributed by atoms with Gasteiger partial charge in [-0.15, -0.1) is 11.6 Å². The Labute approximate surface area is 65.2 Å². The lowest BCUT2D eigenvalue weighted by atomic mass is 9.88. The van der Waals surface area contributed by atoms with Crippen LogP contribution in [0.15, 0.2) is 0 Å². The molecule has 3 unspecified atom stereocenters. The largest absolute Gasteiger partial charge is 0.392 e. The summed E-state index contributed by atoms with van der Waals surface area (Å²) in [5.74, 6) is 0.0324. The highest BCUT2D eigenvalue weighted by atomic mass is 35.5. The number of carbonyl (C=O) groups excluding carboxylic acids is 1. The van der Waals surface area contributed by atoms with Crippen molar-refractivity contribution in [3.8, 4) is 0 Å². The molecule has 1 rings (SSSR count). The van der Waals surface area contributed by atoms with Crippen molar-refractivity contribution >= 4 is 17.9 Å². The molecule has 0 saturated heterocycles. The minimum absolute atomic E-state index is 0.0324. The molecule has 0 heterocycles. The van der Waals surface area contributed by atoms with Crippen molar-refractivity contribution in [1.82, 2.24) is 0 Å². The first kappa shape index (κ1) is 8.02. The lowest BCUT2D eigenvalue weighted by molar-refractivity contribution is -0.112. The Balaban J connectivity index is 2.40. The minimum Gasteiger partial charge on any atom is -0.392 e. The molecule has 3 atom stereocenters. The van der Waals surface area contributed by atoms with E-state index in [1.165, 1.54) is 0 Å². The molecule has 1 aliphatic rings. The van der Waals surface area contributed by atoms with Crippen LogP contribution in [-0.2, 0) is 4.79 Å². The summed E-state index contributed by atoms with van der Waals surface area (Å²) < 4.78 is 0. The molecule has 0 bridgehead atoms. The Morgan fingerprint density at radius 3 is 2.70 bits per heavy atom. The third-order valence-electron chi connectivity index (χ3n) is 1.97. The second-order valence-electron chi connectivity index (χ2n) is 2.79. The molecule has 0 aromatic carbocycles. The first-order valence-corrected chi connectivity index (χ1v) is 3.95. The maximum Gasteiger partial charge on any atom is 0.123 e. The van der Waals surface area contributed by atoms with Gasteiger partial charge in [0.05, 0.1) is 11.5 Å². The Morgan fingerprint density at radius 2 is 2.20 bits per heavy atom. The highest BCUT2D eigenvalue weighted by molar-refractivity contribution is 6.21. The number of alkyl halides is 1. The van der Waals surface area contributed by atoms with Gasteiger partial charge < -0.3 is 9.90 Å². The van der Waals surface area contributed by atoms with Gasteiger partial charge in [-0.25, -0.2) is 0 Å². The van der Waals surface area contributed by atoms with Crippen molar-refractivity contribution in [3.05, 3.63) is 0 Å². The molecule has 1 fully saturated rings. The van der Waals surface area contributed by atoms with Crippen LogP contribution < -0.4 is 0 Å². The molecular weight excluding hydrogens is 152 g/mol. The summed E-state index contributed by atoms with van der Waals surface area (Å²) in [6.45, 7) is 0. The van der Waals surface area contributed by atoms with Gasteiger partial charge in [0.15, 0.2) is 0 Å². The summed E-state index contributed by atoms with van der Waals surface area (Å²) in [7, 11) is 0. The van der Waals surface area contributed by atoms with Gasteiger partial charge in [0, 0.05) is 5.92 Å². The Bertz CT molecular complexity index is 127. The van der Waals surface area contributed by atoms with Crippen molar-refractivity contribution < 1.29 is 9.90 Å². The van der Waals surface area contributed by atoms with E-state index in [-0.39, 0.29) is 11.3 Å². The molecule has 2 nitrogen and oxygen atoms in total. The smallest absolute Gasteiger partial charge is 0.123 e. The van der Waals surface area contributed by atoms with Gasteiger partial charge in [0.2, 0.25) is 0 Å². The van der Waals surface area contributed by atoms with Crippen molar-refractivity contribution in [1.29, 1.82) is 0 Å². The lowest BCUT2D eigenvalue weighted by Gasteiger charge is -2.25. The molecule has 10 heavy (non-hydrogen) atoms. The van der Waals surface area contributed by atoms with Gasteiger partial charge in [0.25, 0.3) is 0 Å². The van der Waals surface area contributed by atoms with Crippen LogP contribution in [0.2, 0.25) is 0 Å². The first-order valence-electron chi connectivity index (χ1n) is 3.51. The molecule has 0 spiro atoms. The highest BCUT2D eigenvalue weighted by Gasteiger charge is 2.26. The van der Waals surface area contributed by atoms with Crippen LogP contribution in [0.4, 0.5) is 0 Å². The Morgan fingerprint density at radius 1 is 1.50 bits per heavy atom. The van der Waals surface area contributed by atoms with E-state index in [4.69, 9.17) is 11.6 Å². The summed E-state index contributed by atoms with van der Waals surface area (Å²) in [6, 6.07) is 0.